The maximum Gasteiger partial charge on any atom is 0.339 e. The molecule has 0 aliphatic carbocycles. The molecular formula is C9H10N6O3S2. The number of aromatic nitrogens is 4. The fourth-order valence-electron chi connectivity index (χ4n) is 1.27. The molecule has 0 aliphatic heterocycles. The summed E-state index contributed by atoms with van der Waals surface area (Å²) in [5.41, 5.74) is 1.04. The van der Waals surface area contributed by atoms with Crippen molar-refractivity contribution in [3.05, 3.63) is 36.8 Å². The van der Waals surface area contributed by atoms with Gasteiger partial charge in [0.05, 0.1) is 5.69 Å². The molecule has 0 radical (unpaired) electrons. The van der Waals surface area contributed by atoms with E-state index in [1.54, 1.807) is 12.4 Å². The second-order valence-corrected chi connectivity index (χ2v) is 5.41. The Bertz CT molecular complexity index is 749. The van der Waals surface area contributed by atoms with Crippen LogP contribution in [0.3, 0.4) is 0 Å². The smallest absolute Gasteiger partial charge is 0.288 e. The highest BCUT2D eigenvalue weighted by Crippen LogP contribution is 2.20. The van der Waals surface area contributed by atoms with Gasteiger partial charge in [-0.15, -0.1) is 11.3 Å². The maximum absolute atomic E-state index is 11.2. The van der Waals surface area contributed by atoms with Crippen LogP contribution in [0, 0.1) is 0 Å². The van der Waals surface area contributed by atoms with Crippen molar-refractivity contribution in [1.82, 2.24) is 25.2 Å². The van der Waals surface area contributed by atoms with E-state index in [9.17, 15) is 14.4 Å². The summed E-state index contributed by atoms with van der Waals surface area (Å²) < 4.78 is 1.36. The lowest BCUT2D eigenvalue weighted by Gasteiger charge is -2.04. The van der Waals surface area contributed by atoms with Crippen molar-refractivity contribution in [2.75, 3.05) is 0 Å². The fourth-order valence-corrected chi connectivity index (χ4v) is 2.90. The highest BCUT2D eigenvalue weighted by molar-refractivity contribution is 7.98. The lowest BCUT2D eigenvalue weighted by atomic mass is 10.5. The molecule has 2 aromatic rings. The zero-order chi connectivity index (χ0) is 14.7. The highest BCUT2D eigenvalue weighted by atomic mass is 32.2. The van der Waals surface area contributed by atoms with Crippen LogP contribution in [0.5, 0.6) is 0 Å². The molecule has 2 heterocycles. The Kier molecular flexibility index (Phi) is 4.32. The van der Waals surface area contributed by atoms with Gasteiger partial charge in [0.15, 0.2) is 10.2 Å². The van der Waals surface area contributed by atoms with Crippen LogP contribution < -0.4 is 22.4 Å². The molecule has 1 amide bonds. The minimum Gasteiger partial charge on any atom is -0.288 e. The summed E-state index contributed by atoms with van der Waals surface area (Å²) in [5, 5.41) is 4.66. The number of amides is 1. The second-order valence-electron chi connectivity index (χ2n) is 3.61. The van der Waals surface area contributed by atoms with Crippen molar-refractivity contribution in [3.8, 4) is 0 Å². The van der Waals surface area contributed by atoms with E-state index >= 15 is 0 Å². The molecule has 0 atom stereocenters. The number of nitrogens with zero attached hydrogens (tertiary/aromatic N) is 3. The standard InChI is InChI=1S/C9H10N6O3S2/c1-15-9(12-5(16)6(17)14-15)20-3-4-2-19-8(11-4)7(18)13-10/h2H,3,10H2,1H3,(H,13,18)(H,14,17). The third kappa shape index (κ3) is 3.12. The van der Waals surface area contributed by atoms with Gasteiger partial charge in [-0.2, -0.15) is 4.98 Å². The van der Waals surface area contributed by atoms with E-state index in [1.165, 1.54) is 16.4 Å². The summed E-state index contributed by atoms with van der Waals surface area (Å²) in [4.78, 5) is 41.2. The summed E-state index contributed by atoms with van der Waals surface area (Å²) in [6.07, 6.45) is 0. The maximum atomic E-state index is 11.2. The largest absolute Gasteiger partial charge is 0.339 e. The summed E-state index contributed by atoms with van der Waals surface area (Å²) in [5.74, 6) is 4.96. The first-order valence-corrected chi connectivity index (χ1v) is 7.13. The van der Waals surface area contributed by atoms with Gasteiger partial charge in [-0.25, -0.2) is 10.8 Å². The fraction of sp³-hybridized carbons (Fsp3) is 0.222. The number of nitrogens with two attached hydrogens (primary N) is 1. The number of hydrazine groups is 1. The minimum absolute atomic E-state index is 0.256. The Morgan fingerprint density at radius 3 is 3.00 bits per heavy atom. The minimum atomic E-state index is -0.841. The highest BCUT2D eigenvalue weighted by Gasteiger charge is 2.11. The molecule has 9 nitrogen and oxygen atoms in total. The summed E-state index contributed by atoms with van der Waals surface area (Å²) in [7, 11) is 1.57. The number of nitrogen functional groups attached to an aromatic ring is 1. The van der Waals surface area contributed by atoms with Crippen LogP contribution in [-0.2, 0) is 12.8 Å². The van der Waals surface area contributed by atoms with E-state index in [-0.39, 0.29) is 5.01 Å². The molecule has 0 unspecified atom stereocenters. The van der Waals surface area contributed by atoms with Gasteiger partial charge < -0.3 is 0 Å². The molecular weight excluding hydrogens is 304 g/mol. The summed E-state index contributed by atoms with van der Waals surface area (Å²) in [6.45, 7) is 0. The number of rotatable bonds is 4. The van der Waals surface area contributed by atoms with E-state index in [0.29, 0.717) is 16.6 Å². The van der Waals surface area contributed by atoms with Crippen LogP contribution in [0.4, 0.5) is 0 Å². The number of aromatic amines is 1. The van der Waals surface area contributed by atoms with Gasteiger partial charge in [-0.3, -0.25) is 29.6 Å². The average Bonchev–Trinajstić information content (AvgIpc) is 2.89. The van der Waals surface area contributed by atoms with Gasteiger partial charge in [0.25, 0.3) is 5.91 Å². The number of carbonyl (C=O) groups excluding carboxylic acids is 1. The molecule has 2 rings (SSSR count). The molecule has 20 heavy (non-hydrogen) atoms. The van der Waals surface area contributed by atoms with Gasteiger partial charge >= 0.3 is 11.1 Å². The van der Waals surface area contributed by atoms with Crippen LogP contribution in [0.2, 0.25) is 0 Å². The van der Waals surface area contributed by atoms with Crippen LogP contribution in [-0.4, -0.2) is 25.7 Å². The number of thiazole rings is 1. The lowest BCUT2D eigenvalue weighted by Crippen LogP contribution is -2.33. The topological polar surface area (TPSA) is 136 Å². The van der Waals surface area contributed by atoms with Gasteiger partial charge in [-0.1, -0.05) is 11.8 Å². The van der Waals surface area contributed by atoms with Crippen LogP contribution in [0.25, 0.3) is 0 Å². The first-order valence-electron chi connectivity index (χ1n) is 5.26. The number of aryl methyl sites for hydroxylation is 1. The molecule has 0 fully saturated rings. The first kappa shape index (κ1) is 14.4. The molecule has 0 aliphatic rings. The number of thioether (sulfide) groups is 1. The Hall–Kier alpha value is -1.98. The van der Waals surface area contributed by atoms with Crippen molar-refractivity contribution in [2.24, 2.45) is 12.9 Å². The zero-order valence-electron chi connectivity index (χ0n) is 10.2. The molecule has 0 saturated heterocycles. The third-order valence-corrected chi connectivity index (χ3v) is 4.13. The van der Waals surface area contributed by atoms with Crippen molar-refractivity contribution in [1.29, 1.82) is 0 Å². The van der Waals surface area contributed by atoms with E-state index in [1.807, 2.05) is 5.43 Å². The van der Waals surface area contributed by atoms with Crippen LogP contribution in [0.15, 0.2) is 20.1 Å². The first-order chi connectivity index (χ1) is 9.51. The summed E-state index contributed by atoms with van der Waals surface area (Å²) >= 11 is 2.38. The molecule has 4 N–H and O–H groups in total. The molecule has 0 aromatic carbocycles. The molecule has 106 valence electrons. The Labute approximate surface area is 120 Å². The second kappa shape index (κ2) is 5.98. The van der Waals surface area contributed by atoms with E-state index in [4.69, 9.17) is 5.84 Å². The number of nitrogens with one attached hydrogen (secondary N) is 2. The summed E-state index contributed by atoms with van der Waals surface area (Å²) in [6, 6.07) is 0. The van der Waals surface area contributed by atoms with E-state index < -0.39 is 17.0 Å². The normalized spacial score (nSPS) is 10.5. The van der Waals surface area contributed by atoms with Crippen molar-refractivity contribution in [2.45, 2.75) is 10.9 Å². The average molecular weight is 314 g/mol. The Morgan fingerprint density at radius 2 is 2.30 bits per heavy atom. The van der Waals surface area contributed by atoms with Crippen molar-refractivity contribution < 1.29 is 4.79 Å². The van der Waals surface area contributed by atoms with Gasteiger partial charge in [0.2, 0.25) is 0 Å². The van der Waals surface area contributed by atoms with Crippen molar-refractivity contribution >= 4 is 29.0 Å². The predicted molar refractivity (Wildman–Crippen MR) is 73.4 cm³/mol. The van der Waals surface area contributed by atoms with Crippen LogP contribution in [0.1, 0.15) is 15.5 Å². The molecule has 0 bridgehead atoms. The molecule has 11 heteroatoms. The van der Waals surface area contributed by atoms with Gasteiger partial charge in [-0.05, 0) is 0 Å². The third-order valence-electron chi connectivity index (χ3n) is 2.17. The lowest BCUT2D eigenvalue weighted by molar-refractivity contribution is 0.0953. The monoisotopic (exact) mass is 314 g/mol. The predicted octanol–water partition coefficient (Wildman–Crippen LogP) is -1.18. The molecule has 2 aromatic heterocycles. The van der Waals surface area contributed by atoms with Gasteiger partial charge in [0.1, 0.15) is 0 Å². The molecule has 0 spiro atoms. The number of carbonyl (C=O) groups is 1. The number of hydrogen-bond acceptors (Lipinski definition) is 8. The van der Waals surface area contributed by atoms with Crippen LogP contribution >= 0.6 is 23.1 Å². The Morgan fingerprint density at radius 1 is 1.55 bits per heavy atom. The van der Waals surface area contributed by atoms with E-state index in [2.05, 4.69) is 15.1 Å². The zero-order valence-corrected chi connectivity index (χ0v) is 11.9. The number of H-pyrrole nitrogens is 1. The van der Waals surface area contributed by atoms with Crippen molar-refractivity contribution in [3.63, 3.8) is 0 Å². The number of hydrogen-bond donors (Lipinski definition) is 3. The Balaban J connectivity index is 2.11. The SMILES string of the molecule is Cn1[nH]c(=O)c(=O)nc1SCc1csc(C(=O)NN)n1. The molecule has 0 saturated carbocycles. The van der Waals surface area contributed by atoms with Gasteiger partial charge in [0, 0.05) is 18.2 Å². The van der Waals surface area contributed by atoms with E-state index in [0.717, 1.165) is 11.3 Å². The quantitative estimate of drug-likeness (QED) is 0.212.